The average Bonchev–Trinajstić information content (AvgIpc) is 1.31. The SMILES string of the molecule is O=C(O)C(F)(F)F.[Er]. The van der Waals surface area contributed by atoms with Crippen molar-refractivity contribution in [1.82, 2.24) is 0 Å². The molecule has 0 aliphatic carbocycles. The molecule has 0 aliphatic heterocycles. The van der Waals surface area contributed by atoms with Crippen molar-refractivity contribution in [3.8, 4) is 0 Å². The van der Waals surface area contributed by atoms with Gasteiger partial charge in [0.25, 0.3) is 0 Å². The molecule has 0 aromatic rings. The van der Waals surface area contributed by atoms with Crippen molar-refractivity contribution >= 4 is 5.97 Å². The van der Waals surface area contributed by atoms with Crippen LogP contribution in [-0.2, 0) is 4.79 Å². The number of aliphatic carboxylic acids is 1. The predicted octanol–water partition coefficient (Wildman–Crippen LogP) is 0.633. The van der Waals surface area contributed by atoms with Crippen LogP contribution in [0.15, 0.2) is 0 Å². The van der Waals surface area contributed by atoms with E-state index in [2.05, 4.69) is 0 Å². The van der Waals surface area contributed by atoms with E-state index in [4.69, 9.17) is 9.90 Å². The zero-order valence-electron chi connectivity index (χ0n) is 3.28. The summed E-state index contributed by atoms with van der Waals surface area (Å²) in [5.41, 5.74) is 0. The number of carboxylic acids is 1. The number of rotatable bonds is 0. The zero-order valence-corrected chi connectivity index (χ0v) is 5.13. The second-order valence-corrected chi connectivity index (χ2v) is 0.803. The molecule has 0 aromatic heterocycles. The van der Waals surface area contributed by atoms with Gasteiger partial charge < -0.3 is 5.11 Å². The minimum atomic E-state index is -5.08. The summed E-state index contributed by atoms with van der Waals surface area (Å²) in [5.74, 6) is -2.76. The van der Waals surface area contributed by atoms with Gasteiger partial charge in [-0.3, -0.25) is 0 Å². The minimum absolute atomic E-state index is 0. The van der Waals surface area contributed by atoms with Gasteiger partial charge in [-0.25, -0.2) is 4.79 Å². The van der Waals surface area contributed by atoms with E-state index in [0.29, 0.717) is 0 Å². The Balaban J connectivity index is 0. The molecule has 0 bridgehead atoms. The normalized spacial score (nSPS) is 9.88. The fraction of sp³-hybridized carbons (Fsp3) is 0.500. The van der Waals surface area contributed by atoms with Crippen molar-refractivity contribution in [2.45, 2.75) is 6.18 Å². The molecular weight excluding hydrogens is 280 g/mol. The Morgan fingerprint density at radius 1 is 1.38 bits per heavy atom. The third kappa shape index (κ3) is 4.66. The number of alkyl halides is 3. The molecule has 0 spiro atoms. The van der Waals surface area contributed by atoms with Crippen LogP contribution in [0.4, 0.5) is 13.2 Å². The first kappa shape index (κ1) is 11.3. The molecule has 0 saturated heterocycles. The monoisotopic (exact) mass is 280 g/mol. The first-order valence-electron chi connectivity index (χ1n) is 1.24. The molecule has 0 rings (SSSR count). The van der Waals surface area contributed by atoms with Crippen LogP contribution in [0.1, 0.15) is 0 Å². The Bertz CT molecular complexity index is 87.8. The molecule has 0 unspecified atom stereocenters. The summed E-state index contributed by atoms with van der Waals surface area (Å²) in [6.45, 7) is 0. The van der Waals surface area contributed by atoms with Crippen LogP contribution in [0.5, 0.6) is 0 Å². The van der Waals surface area contributed by atoms with Gasteiger partial charge in [0.1, 0.15) is 0 Å². The summed E-state index contributed by atoms with van der Waals surface area (Å²) in [4.78, 5) is 8.90. The first-order valence-corrected chi connectivity index (χ1v) is 1.24. The van der Waals surface area contributed by atoms with Crippen LogP contribution in [0.25, 0.3) is 0 Å². The van der Waals surface area contributed by atoms with E-state index in [9.17, 15) is 13.2 Å². The van der Waals surface area contributed by atoms with E-state index in [1.807, 2.05) is 0 Å². The van der Waals surface area contributed by atoms with Crippen LogP contribution < -0.4 is 0 Å². The van der Waals surface area contributed by atoms with E-state index >= 15 is 0 Å². The van der Waals surface area contributed by atoms with Gasteiger partial charge in [-0.1, -0.05) is 0 Å². The summed E-state index contributed by atoms with van der Waals surface area (Å²) >= 11 is 0. The van der Waals surface area contributed by atoms with Crippen molar-refractivity contribution < 1.29 is 60.4 Å². The molecule has 54 valence electrons. The van der Waals surface area contributed by atoms with Crippen LogP contribution >= 0.6 is 0 Å². The fourth-order valence-electron chi connectivity index (χ4n) is 0. The van der Waals surface area contributed by atoms with Crippen LogP contribution in [0.3, 0.4) is 0 Å². The van der Waals surface area contributed by atoms with Crippen LogP contribution in [-0.4, -0.2) is 17.3 Å². The molecular formula is C2HErF3O2. The number of carbonyl (C=O) groups is 1. The summed E-state index contributed by atoms with van der Waals surface area (Å²) in [6.07, 6.45) is -5.08. The Morgan fingerprint density at radius 2 is 1.50 bits per heavy atom. The second-order valence-electron chi connectivity index (χ2n) is 0.803. The van der Waals surface area contributed by atoms with E-state index < -0.39 is 12.1 Å². The van der Waals surface area contributed by atoms with Gasteiger partial charge in [0.2, 0.25) is 0 Å². The molecule has 0 radical (unpaired) electrons. The van der Waals surface area contributed by atoms with E-state index in [1.54, 1.807) is 0 Å². The average molecular weight is 281 g/mol. The minimum Gasteiger partial charge on any atom is -0.475 e. The molecule has 6 heteroatoms. The molecule has 0 aliphatic rings. The summed E-state index contributed by atoms with van der Waals surface area (Å²) in [5, 5.41) is 7.12. The third-order valence-electron chi connectivity index (χ3n) is 0.243. The van der Waals surface area contributed by atoms with Gasteiger partial charge in [-0.15, -0.1) is 0 Å². The summed E-state index contributed by atoms with van der Waals surface area (Å²) in [6, 6.07) is 0. The molecule has 0 atom stereocenters. The topological polar surface area (TPSA) is 37.3 Å². The molecule has 0 aromatic carbocycles. The van der Waals surface area contributed by atoms with Gasteiger partial charge in [0, 0.05) is 37.3 Å². The Morgan fingerprint density at radius 3 is 1.50 bits per heavy atom. The zero-order chi connectivity index (χ0) is 6.08. The number of hydrogen-bond donors (Lipinski definition) is 1. The molecule has 0 saturated carbocycles. The maximum Gasteiger partial charge on any atom is 0.490 e. The van der Waals surface area contributed by atoms with Gasteiger partial charge >= 0.3 is 12.1 Å². The standard InChI is InChI=1S/C2HF3O2.Er/c3-2(4,5)1(6)7;/h(H,6,7);. The maximum absolute atomic E-state index is 10.6. The quantitative estimate of drug-likeness (QED) is 0.707. The second kappa shape index (κ2) is 3.52. The molecule has 0 amide bonds. The van der Waals surface area contributed by atoms with Crippen LogP contribution in [0.2, 0.25) is 0 Å². The summed E-state index contributed by atoms with van der Waals surface area (Å²) < 4.78 is 31.7. The molecule has 0 fully saturated rings. The number of carboxylic acid groups (broad SMARTS) is 1. The smallest absolute Gasteiger partial charge is 0.475 e. The van der Waals surface area contributed by atoms with Gasteiger partial charge in [0.15, 0.2) is 0 Å². The third-order valence-corrected chi connectivity index (χ3v) is 0.243. The summed E-state index contributed by atoms with van der Waals surface area (Å²) in [7, 11) is 0. The maximum atomic E-state index is 10.6. The number of hydrogen-bond acceptors (Lipinski definition) is 1. The van der Waals surface area contributed by atoms with Gasteiger partial charge in [-0.05, 0) is 0 Å². The Labute approximate surface area is 72.3 Å². The molecule has 8 heavy (non-hydrogen) atoms. The van der Waals surface area contributed by atoms with Crippen molar-refractivity contribution in [2.24, 2.45) is 0 Å². The fourth-order valence-corrected chi connectivity index (χ4v) is 0. The Hall–Kier alpha value is 0.507. The number of halogens is 3. The van der Waals surface area contributed by atoms with Gasteiger partial charge in [-0.2, -0.15) is 13.2 Å². The van der Waals surface area contributed by atoms with Crippen LogP contribution in [0, 0.1) is 37.3 Å². The van der Waals surface area contributed by atoms with E-state index in [1.165, 1.54) is 0 Å². The van der Waals surface area contributed by atoms with Crippen molar-refractivity contribution in [1.29, 1.82) is 0 Å². The molecule has 0 heterocycles. The van der Waals surface area contributed by atoms with Crippen molar-refractivity contribution in [3.05, 3.63) is 0 Å². The van der Waals surface area contributed by atoms with Crippen molar-refractivity contribution in [3.63, 3.8) is 0 Å². The van der Waals surface area contributed by atoms with E-state index in [-0.39, 0.29) is 37.3 Å². The molecule has 1 N–H and O–H groups in total. The Kier molecular flexibility index (Phi) is 4.98. The van der Waals surface area contributed by atoms with E-state index in [0.717, 1.165) is 0 Å². The first-order chi connectivity index (χ1) is 2.94. The van der Waals surface area contributed by atoms with Crippen molar-refractivity contribution in [2.75, 3.05) is 0 Å². The molecule has 2 nitrogen and oxygen atoms in total. The largest absolute Gasteiger partial charge is 0.490 e. The predicted molar refractivity (Wildman–Crippen MR) is 13.7 cm³/mol. The van der Waals surface area contributed by atoms with Gasteiger partial charge in [0.05, 0.1) is 0 Å².